The molecule has 4 aliphatic carbocycles. The van der Waals surface area contributed by atoms with Crippen molar-refractivity contribution < 1.29 is 33.3 Å². The van der Waals surface area contributed by atoms with E-state index in [9.17, 15) is 14.7 Å². The van der Waals surface area contributed by atoms with Crippen molar-refractivity contribution in [2.75, 3.05) is 13.3 Å². The largest absolute Gasteiger partial charge is 0.390 e. The van der Waals surface area contributed by atoms with Crippen LogP contribution in [0.2, 0.25) is 0 Å². The molecule has 34 heavy (non-hydrogen) atoms. The van der Waals surface area contributed by atoms with Crippen molar-refractivity contribution in [3.05, 3.63) is 23.8 Å². The van der Waals surface area contributed by atoms with Gasteiger partial charge >= 0.3 is 0 Å². The van der Waals surface area contributed by atoms with E-state index in [-0.39, 0.29) is 37.2 Å². The normalized spacial score (nSPS) is 49.2. The first kappa shape index (κ1) is 24.3. The molecule has 0 aromatic heterocycles. The van der Waals surface area contributed by atoms with Gasteiger partial charge in [0.05, 0.1) is 18.9 Å². The molecule has 1 saturated heterocycles. The predicted molar refractivity (Wildman–Crippen MR) is 121 cm³/mol. The molecule has 4 fully saturated rings. The Labute approximate surface area is 199 Å². The van der Waals surface area contributed by atoms with Crippen molar-refractivity contribution in [1.29, 1.82) is 0 Å². The van der Waals surface area contributed by atoms with Gasteiger partial charge < -0.3 is 25.1 Å². The molecule has 5 rings (SSSR count). The van der Waals surface area contributed by atoms with Gasteiger partial charge in [-0.05, 0) is 57.1 Å². The lowest BCUT2D eigenvalue weighted by Gasteiger charge is -2.62. The van der Waals surface area contributed by atoms with E-state index in [1.807, 2.05) is 13.8 Å². The molecule has 1 heterocycles. The van der Waals surface area contributed by atoms with Crippen LogP contribution >= 0.6 is 0 Å². The number of aliphatic hydroxyl groups is 1. The van der Waals surface area contributed by atoms with Crippen LogP contribution in [0, 0.1) is 22.7 Å². The number of hydrogen-bond donors (Lipinski definition) is 2. The van der Waals surface area contributed by atoms with Crippen LogP contribution in [0.25, 0.3) is 0 Å². The molecule has 0 radical (unpaired) electrons. The lowest BCUT2D eigenvalue weighted by molar-refractivity contribution is -0.231. The lowest BCUT2D eigenvalue weighted by atomic mass is 9.44. The average Bonchev–Trinajstić information content (AvgIpc) is 3.26. The van der Waals surface area contributed by atoms with Gasteiger partial charge in [-0.15, -0.1) is 0 Å². The highest BCUT2D eigenvalue weighted by molar-refractivity contribution is 6.01. The van der Waals surface area contributed by atoms with Gasteiger partial charge in [0, 0.05) is 16.7 Å². The topological polar surface area (TPSA) is 108 Å². The van der Waals surface area contributed by atoms with E-state index in [2.05, 4.69) is 0 Å². The number of alkyl halides is 1. The summed E-state index contributed by atoms with van der Waals surface area (Å²) in [6, 6.07) is 0. The van der Waals surface area contributed by atoms with Crippen LogP contribution in [0.4, 0.5) is 4.39 Å². The van der Waals surface area contributed by atoms with E-state index in [1.54, 1.807) is 13.0 Å². The molecular weight excluding hydrogens is 441 g/mol. The summed E-state index contributed by atoms with van der Waals surface area (Å²) in [6.07, 6.45) is 5.27. The van der Waals surface area contributed by atoms with E-state index in [4.69, 9.17) is 19.9 Å². The zero-order valence-electron chi connectivity index (χ0n) is 20.2. The molecule has 1 unspecified atom stereocenters. The van der Waals surface area contributed by atoms with E-state index in [0.717, 1.165) is 12.0 Å². The Kier molecular flexibility index (Phi) is 5.73. The van der Waals surface area contributed by atoms with Crippen molar-refractivity contribution in [2.45, 2.75) is 89.1 Å². The summed E-state index contributed by atoms with van der Waals surface area (Å²) < 4.78 is 35.3. The molecule has 0 amide bonds. The average molecular weight is 478 g/mol. The van der Waals surface area contributed by atoms with Gasteiger partial charge in [-0.3, -0.25) is 9.59 Å². The molecule has 9 atom stereocenters. The molecule has 188 valence electrons. The monoisotopic (exact) mass is 477 g/mol. The van der Waals surface area contributed by atoms with Crippen LogP contribution in [0.3, 0.4) is 0 Å². The summed E-state index contributed by atoms with van der Waals surface area (Å²) in [7, 11) is 0. The molecule has 3 N–H and O–H groups in total. The maximum absolute atomic E-state index is 17.3. The SMILES string of the molecule is CCCC1O[C@@H]2C[C@H]3[C@@H]4CCC5=CC(=O)C=C[C@]5(C)[C@@]4(F)[C@@H](O)C[C@]3(C)[C@]2(C(=O)COCN)O1. The van der Waals surface area contributed by atoms with Crippen LogP contribution in [-0.4, -0.2) is 59.8 Å². The number of ether oxygens (including phenoxy) is 3. The third-order valence-electron chi connectivity index (χ3n) is 9.72. The number of allylic oxidation sites excluding steroid dienone is 4. The number of carbonyl (C=O) groups excluding carboxylic acids is 2. The second kappa shape index (κ2) is 8.03. The fraction of sp³-hybridized carbons (Fsp3) is 0.769. The lowest BCUT2D eigenvalue weighted by Crippen LogP contribution is -2.69. The molecule has 1 aliphatic heterocycles. The summed E-state index contributed by atoms with van der Waals surface area (Å²) >= 11 is 0. The van der Waals surface area contributed by atoms with Crippen LogP contribution in [0.15, 0.2) is 23.8 Å². The number of rotatable bonds is 6. The maximum Gasteiger partial charge on any atom is 0.193 e. The highest BCUT2D eigenvalue weighted by Crippen LogP contribution is 2.71. The molecule has 0 aromatic rings. The standard InChI is InChI=1S/C26H36FNO6/c1-4-5-22-33-21-11-18-17-7-6-15-10-16(29)8-9-23(15,2)25(17,27)19(30)12-24(18,3)26(21,34-22)20(31)13-32-14-28/h8-10,17-19,21-22,30H,4-7,11-14,28H2,1-3H3/t17-,18-,19-,21+,22?,23-,24-,25-,26+/m0/s1. The highest BCUT2D eigenvalue weighted by Gasteiger charge is 2.79. The minimum atomic E-state index is -1.96. The molecule has 5 aliphatic rings. The highest BCUT2D eigenvalue weighted by atomic mass is 19.1. The maximum atomic E-state index is 17.3. The van der Waals surface area contributed by atoms with Crippen LogP contribution in [0.1, 0.15) is 59.3 Å². The Morgan fingerprint density at radius 1 is 1.35 bits per heavy atom. The van der Waals surface area contributed by atoms with Crippen molar-refractivity contribution in [3.63, 3.8) is 0 Å². The van der Waals surface area contributed by atoms with E-state index < -0.39 is 46.5 Å². The molecular formula is C26H36FNO6. The number of hydrogen-bond acceptors (Lipinski definition) is 7. The van der Waals surface area contributed by atoms with Crippen LogP contribution in [0.5, 0.6) is 0 Å². The van der Waals surface area contributed by atoms with Gasteiger partial charge in [0.1, 0.15) is 6.61 Å². The second-order valence-corrected chi connectivity index (χ2v) is 11.1. The van der Waals surface area contributed by atoms with Gasteiger partial charge in [-0.1, -0.05) is 31.9 Å². The Bertz CT molecular complexity index is 952. The molecule has 0 bridgehead atoms. The predicted octanol–water partition coefficient (Wildman–Crippen LogP) is 2.75. The summed E-state index contributed by atoms with van der Waals surface area (Å²) in [5, 5.41) is 11.5. The summed E-state index contributed by atoms with van der Waals surface area (Å²) in [5.74, 6) is -1.15. The molecule has 3 saturated carbocycles. The Morgan fingerprint density at radius 2 is 2.12 bits per heavy atom. The van der Waals surface area contributed by atoms with Crippen LogP contribution in [-0.2, 0) is 23.8 Å². The molecule has 8 heteroatoms. The van der Waals surface area contributed by atoms with Crippen molar-refractivity contribution in [1.82, 2.24) is 0 Å². The number of ketones is 2. The number of Topliss-reactive ketones (excluding diaryl/α,β-unsaturated/α-hetero) is 1. The first-order valence-corrected chi connectivity index (χ1v) is 12.5. The fourth-order valence-electron chi connectivity index (χ4n) is 8.15. The molecule has 0 spiro atoms. The quantitative estimate of drug-likeness (QED) is 0.567. The Morgan fingerprint density at radius 3 is 2.82 bits per heavy atom. The van der Waals surface area contributed by atoms with E-state index >= 15 is 4.39 Å². The zero-order chi connectivity index (χ0) is 24.5. The van der Waals surface area contributed by atoms with E-state index in [0.29, 0.717) is 25.7 Å². The fourth-order valence-corrected chi connectivity index (χ4v) is 8.15. The third-order valence-corrected chi connectivity index (χ3v) is 9.72. The summed E-state index contributed by atoms with van der Waals surface area (Å²) in [6.45, 7) is 5.45. The Hall–Kier alpha value is -1.45. The molecule has 0 aromatic carbocycles. The number of nitrogens with two attached hydrogens (primary N) is 1. The molecule has 7 nitrogen and oxygen atoms in total. The first-order chi connectivity index (χ1) is 16.1. The minimum absolute atomic E-state index is 0.0579. The van der Waals surface area contributed by atoms with Gasteiger partial charge in [0.2, 0.25) is 0 Å². The van der Waals surface area contributed by atoms with Gasteiger partial charge in [-0.25, -0.2) is 4.39 Å². The number of fused-ring (bicyclic) bond motifs is 7. The third kappa shape index (κ3) is 2.86. The van der Waals surface area contributed by atoms with Gasteiger partial charge in [0.15, 0.2) is 29.1 Å². The number of halogens is 1. The van der Waals surface area contributed by atoms with Gasteiger partial charge in [0.25, 0.3) is 0 Å². The summed E-state index contributed by atoms with van der Waals surface area (Å²) in [5.41, 5.74) is 1.04. The Balaban J connectivity index is 1.57. The smallest absolute Gasteiger partial charge is 0.193 e. The van der Waals surface area contributed by atoms with Crippen molar-refractivity contribution in [3.8, 4) is 0 Å². The van der Waals surface area contributed by atoms with Crippen molar-refractivity contribution in [2.24, 2.45) is 28.4 Å². The van der Waals surface area contributed by atoms with E-state index in [1.165, 1.54) is 12.2 Å². The second-order valence-electron chi connectivity index (χ2n) is 11.1. The number of aliphatic hydroxyl groups excluding tert-OH is 1. The van der Waals surface area contributed by atoms with Crippen LogP contribution < -0.4 is 5.73 Å². The van der Waals surface area contributed by atoms with Gasteiger partial charge in [-0.2, -0.15) is 0 Å². The van der Waals surface area contributed by atoms with Crippen molar-refractivity contribution >= 4 is 11.6 Å². The summed E-state index contributed by atoms with van der Waals surface area (Å²) in [4.78, 5) is 25.7. The first-order valence-electron chi connectivity index (χ1n) is 12.5. The zero-order valence-corrected chi connectivity index (χ0v) is 20.2. The number of carbonyl (C=O) groups is 2. The minimum Gasteiger partial charge on any atom is -0.390 e.